The predicted octanol–water partition coefficient (Wildman–Crippen LogP) is 3.61. The molecule has 1 fully saturated rings. The smallest absolute Gasteiger partial charge is 0.339 e. The van der Waals surface area contributed by atoms with Crippen LogP contribution in [0, 0.1) is 6.92 Å². The normalized spacial score (nSPS) is 14.2. The van der Waals surface area contributed by atoms with Gasteiger partial charge < -0.3 is 9.15 Å². The molecule has 0 spiro atoms. The molecule has 0 N–H and O–H groups in total. The standard InChI is InChI=1S/C20H17N3O5S/c1-3-27-15-7-5-4-6-14(15)23-19(25)18(24)22(20(23)26)10-13-11-29-17(21-13)16-9-8-12(2)28-16/h4-9,11H,3,10H2,1-2H3. The molecule has 9 heteroatoms. The Morgan fingerprint density at radius 2 is 1.90 bits per heavy atom. The van der Waals surface area contributed by atoms with Crippen LogP contribution in [0.4, 0.5) is 10.5 Å². The van der Waals surface area contributed by atoms with Gasteiger partial charge in [-0.05, 0) is 38.1 Å². The second-order valence-corrected chi connectivity index (χ2v) is 7.13. The van der Waals surface area contributed by atoms with E-state index in [0.717, 1.165) is 15.6 Å². The molecular weight excluding hydrogens is 394 g/mol. The highest BCUT2D eigenvalue weighted by Crippen LogP contribution is 2.33. The Bertz CT molecular complexity index is 1100. The molecule has 4 amide bonds. The summed E-state index contributed by atoms with van der Waals surface area (Å²) in [7, 11) is 0. The van der Waals surface area contributed by atoms with Gasteiger partial charge in [0.05, 0.1) is 24.5 Å². The fraction of sp³-hybridized carbons (Fsp3) is 0.200. The summed E-state index contributed by atoms with van der Waals surface area (Å²) in [6, 6.07) is 9.52. The number of aryl methyl sites for hydroxylation is 1. The molecule has 1 aliphatic heterocycles. The number of hydrogen-bond acceptors (Lipinski definition) is 7. The number of carbonyl (C=O) groups excluding carboxylic acids is 3. The maximum Gasteiger partial charge on any atom is 0.339 e. The van der Waals surface area contributed by atoms with Crippen molar-refractivity contribution in [3.63, 3.8) is 0 Å². The largest absolute Gasteiger partial charge is 0.492 e. The summed E-state index contributed by atoms with van der Waals surface area (Å²) in [5, 5.41) is 2.37. The lowest BCUT2D eigenvalue weighted by Gasteiger charge is -2.17. The first kappa shape index (κ1) is 18.9. The van der Waals surface area contributed by atoms with Gasteiger partial charge in [-0.15, -0.1) is 11.3 Å². The molecule has 0 bridgehead atoms. The first-order valence-corrected chi connectivity index (χ1v) is 9.80. The van der Waals surface area contributed by atoms with Crippen molar-refractivity contribution in [1.82, 2.24) is 9.88 Å². The van der Waals surface area contributed by atoms with Crippen LogP contribution in [-0.2, 0) is 16.1 Å². The number of carbonyl (C=O) groups is 3. The van der Waals surface area contributed by atoms with Crippen LogP contribution >= 0.6 is 11.3 Å². The molecule has 8 nitrogen and oxygen atoms in total. The molecule has 1 aromatic carbocycles. The Balaban J connectivity index is 1.59. The second kappa shape index (κ2) is 7.51. The summed E-state index contributed by atoms with van der Waals surface area (Å²) in [6.45, 7) is 3.88. The Morgan fingerprint density at radius 1 is 1.10 bits per heavy atom. The van der Waals surface area contributed by atoms with Crippen molar-refractivity contribution < 1.29 is 23.5 Å². The van der Waals surface area contributed by atoms with Crippen molar-refractivity contribution in [2.45, 2.75) is 20.4 Å². The molecule has 0 radical (unpaired) electrons. The molecule has 1 aliphatic rings. The van der Waals surface area contributed by atoms with Crippen LogP contribution in [0.5, 0.6) is 5.75 Å². The van der Waals surface area contributed by atoms with E-state index in [1.54, 1.807) is 42.6 Å². The van der Waals surface area contributed by atoms with E-state index in [9.17, 15) is 14.4 Å². The number of urea groups is 1. The number of rotatable bonds is 6. The number of nitrogens with zero attached hydrogens (tertiary/aromatic N) is 3. The number of hydrogen-bond donors (Lipinski definition) is 0. The zero-order valence-corrected chi connectivity index (χ0v) is 16.6. The number of para-hydroxylation sites is 2. The van der Waals surface area contributed by atoms with E-state index in [1.165, 1.54) is 11.3 Å². The number of thiazole rings is 1. The lowest BCUT2D eigenvalue weighted by atomic mass is 10.2. The topological polar surface area (TPSA) is 92.9 Å². The Hall–Kier alpha value is -3.46. The number of aromatic nitrogens is 1. The Kier molecular flexibility index (Phi) is 4.89. The molecule has 3 heterocycles. The second-order valence-electron chi connectivity index (χ2n) is 6.27. The minimum Gasteiger partial charge on any atom is -0.492 e. The van der Waals surface area contributed by atoms with E-state index in [1.807, 2.05) is 13.0 Å². The fourth-order valence-electron chi connectivity index (χ4n) is 2.98. The van der Waals surface area contributed by atoms with Crippen molar-refractivity contribution >= 4 is 34.9 Å². The minimum atomic E-state index is -0.917. The van der Waals surface area contributed by atoms with Crippen molar-refractivity contribution in [2.75, 3.05) is 11.5 Å². The van der Waals surface area contributed by atoms with Gasteiger partial charge in [0, 0.05) is 5.38 Å². The van der Waals surface area contributed by atoms with Crippen molar-refractivity contribution in [2.24, 2.45) is 0 Å². The summed E-state index contributed by atoms with van der Waals surface area (Å²) in [6.07, 6.45) is 0. The highest BCUT2D eigenvalue weighted by Gasteiger charge is 2.46. The summed E-state index contributed by atoms with van der Waals surface area (Å²) >= 11 is 1.34. The monoisotopic (exact) mass is 411 g/mol. The van der Waals surface area contributed by atoms with E-state index in [0.29, 0.717) is 28.8 Å². The van der Waals surface area contributed by atoms with Gasteiger partial charge in [-0.25, -0.2) is 19.6 Å². The van der Waals surface area contributed by atoms with Crippen molar-refractivity contribution in [3.05, 3.63) is 53.2 Å². The van der Waals surface area contributed by atoms with Gasteiger partial charge in [-0.3, -0.25) is 9.59 Å². The number of anilines is 1. The molecule has 148 valence electrons. The first-order chi connectivity index (χ1) is 14.0. The fourth-order valence-corrected chi connectivity index (χ4v) is 3.75. The van der Waals surface area contributed by atoms with Gasteiger partial charge >= 0.3 is 17.8 Å². The molecule has 0 saturated carbocycles. The molecule has 1 saturated heterocycles. The Labute approximate surface area is 170 Å². The quantitative estimate of drug-likeness (QED) is 0.454. The van der Waals surface area contributed by atoms with E-state index < -0.39 is 17.8 Å². The molecule has 3 aromatic rings. The van der Waals surface area contributed by atoms with Gasteiger partial charge in [0.1, 0.15) is 11.5 Å². The highest BCUT2D eigenvalue weighted by atomic mass is 32.1. The van der Waals surface area contributed by atoms with Crippen LogP contribution in [0.1, 0.15) is 18.4 Å². The zero-order valence-electron chi connectivity index (χ0n) is 15.7. The minimum absolute atomic E-state index is 0.104. The molecule has 29 heavy (non-hydrogen) atoms. The van der Waals surface area contributed by atoms with Crippen LogP contribution in [-0.4, -0.2) is 34.3 Å². The first-order valence-electron chi connectivity index (χ1n) is 8.92. The van der Waals surface area contributed by atoms with Gasteiger partial charge in [0.2, 0.25) is 0 Å². The van der Waals surface area contributed by atoms with E-state index in [4.69, 9.17) is 9.15 Å². The van der Waals surface area contributed by atoms with E-state index in [-0.39, 0.29) is 12.2 Å². The van der Waals surface area contributed by atoms with Gasteiger partial charge in [-0.2, -0.15) is 0 Å². The Morgan fingerprint density at radius 3 is 2.62 bits per heavy atom. The summed E-state index contributed by atoms with van der Waals surface area (Å²) in [5.74, 6) is -0.0866. The average molecular weight is 411 g/mol. The van der Waals surface area contributed by atoms with Crippen LogP contribution in [0.3, 0.4) is 0 Å². The maximum absolute atomic E-state index is 12.9. The van der Waals surface area contributed by atoms with E-state index >= 15 is 0 Å². The summed E-state index contributed by atoms with van der Waals surface area (Å²) in [4.78, 5) is 44.0. The number of ether oxygens (including phenoxy) is 1. The third-order valence-electron chi connectivity index (χ3n) is 4.28. The number of furan rings is 1. The molecule has 0 aliphatic carbocycles. The molecule has 2 aromatic heterocycles. The third-order valence-corrected chi connectivity index (χ3v) is 5.19. The maximum atomic E-state index is 12.9. The van der Waals surface area contributed by atoms with Crippen molar-refractivity contribution in [3.8, 4) is 16.5 Å². The summed E-state index contributed by atoms with van der Waals surface area (Å²) in [5.41, 5.74) is 0.735. The van der Waals surface area contributed by atoms with Crippen LogP contribution in [0.25, 0.3) is 10.8 Å². The lowest BCUT2D eigenvalue weighted by Crippen LogP contribution is -2.33. The molecule has 0 atom stereocenters. The van der Waals surface area contributed by atoms with Crippen molar-refractivity contribution in [1.29, 1.82) is 0 Å². The third kappa shape index (κ3) is 3.40. The van der Waals surface area contributed by atoms with Gasteiger partial charge in [-0.1, -0.05) is 12.1 Å². The number of benzene rings is 1. The SMILES string of the molecule is CCOc1ccccc1N1C(=O)C(=O)N(Cc2csc(-c3ccc(C)o3)n2)C1=O. The molecule has 4 rings (SSSR count). The lowest BCUT2D eigenvalue weighted by molar-refractivity contribution is -0.139. The van der Waals surface area contributed by atoms with Crippen LogP contribution in [0.15, 0.2) is 46.2 Å². The highest BCUT2D eigenvalue weighted by molar-refractivity contribution is 7.13. The number of amides is 4. The molecular formula is C20H17N3O5S. The van der Waals surface area contributed by atoms with Gasteiger partial charge in [0.15, 0.2) is 10.8 Å². The average Bonchev–Trinajstić information content (AvgIpc) is 3.39. The van der Waals surface area contributed by atoms with Gasteiger partial charge in [0.25, 0.3) is 0 Å². The van der Waals surface area contributed by atoms with Crippen LogP contribution in [0.2, 0.25) is 0 Å². The predicted molar refractivity (Wildman–Crippen MR) is 106 cm³/mol. The number of imide groups is 2. The van der Waals surface area contributed by atoms with Crippen LogP contribution < -0.4 is 9.64 Å². The zero-order chi connectivity index (χ0) is 20.5. The summed E-state index contributed by atoms with van der Waals surface area (Å²) < 4.78 is 11.0. The van der Waals surface area contributed by atoms with E-state index in [2.05, 4.69) is 4.98 Å². The molecule has 0 unspecified atom stereocenters.